The first-order valence-electron chi connectivity index (χ1n) is 4.53. The molecule has 6 nitrogen and oxygen atoms in total. The molecule has 0 saturated carbocycles. The number of aryl methyl sites for hydroxylation is 1. The predicted molar refractivity (Wildman–Crippen MR) is 55.7 cm³/mol. The summed E-state index contributed by atoms with van der Waals surface area (Å²) in [7, 11) is 0. The van der Waals surface area contributed by atoms with Crippen LogP contribution in [0.25, 0.3) is 0 Å². The molecule has 1 rings (SSSR count). The van der Waals surface area contributed by atoms with Gasteiger partial charge in [0.1, 0.15) is 11.7 Å². The third-order valence-corrected chi connectivity index (χ3v) is 1.86. The number of carboxylic acid groups (broad SMARTS) is 1. The maximum Gasteiger partial charge on any atom is 0.327 e. The van der Waals surface area contributed by atoms with E-state index in [-0.39, 0.29) is 12.1 Å². The topological polar surface area (TPSA) is 95.1 Å². The van der Waals surface area contributed by atoms with E-state index >= 15 is 0 Å². The summed E-state index contributed by atoms with van der Waals surface area (Å²) in [6.45, 7) is 1.74. The number of H-pyrrole nitrogens is 1. The predicted octanol–water partition coefficient (Wildman–Crippen LogP) is -0.0756. The molecule has 0 aliphatic carbocycles. The molecule has 0 aliphatic heterocycles. The molecule has 0 spiro atoms. The number of nitrogens with one attached hydrogen (secondary N) is 2. The Labute approximate surface area is 92.0 Å². The number of aromatic amines is 1. The lowest BCUT2D eigenvalue weighted by Gasteiger charge is -2.09. The van der Waals surface area contributed by atoms with Crippen molar-refractivity contribution in [2.45, 2.75) is 19.4 Å². The molecule has 1 unspecified atom stereocenters. The van der Waals surface area contributed by atoms with Crippen molar-refractivity contribution in [2.75, 3.05) is 0 Å². The quantitative estimate of drug-likeness (QED) is 0.620. The van der Waals surface area contributed by atoms with Gasteiger partial charge in [-0.05, 0) is 13.0 Å². The molecule has 84 valence electrons. The number of hydrogen-bond donors (Lipinski definition) is 3. The van der Waals surface area contributed by atoms with E-state index in [0.29, 0.717) is 5.69 Å². The lowest BCUT2D eigenvalue weighted by molar-refractivity contribution is -0.139. The van der Waals surface area contributed by atoms with Crippen molar-refractivity contribution in [3.05, 3.63) is 17.5 Å². The molecular weight excluding hydrogens is 210 g/mol. The van der Waals surface area contributed by atoms with Crippen molar-refractivity contribution in [1.82, 2.24) is 15.5 Å². The van der Waals surface area contributed by atoms with Crippen molar-refractivity contribution in [3.63, 3.8) is 0 Å². The van der Waals surface area contributed by atoms with E-state index in [2.05, 4.69) is 21.4 Å². The molecule has 6 heteroatoms. The number of aliphatic carboxylic acids is 1. The molecule has 1 amide bonds. The minimum absolute atomic E-state index is 0.0650. The highest BCUT2D eigenvalue weighted by atomic mass is 16.4. The molecule has 1 aromatic heterocycles. The highest BCUT2D eigenvalue weighted by Crippen LogP contribution is 1.99. The van der Waals surface area contributed by atoms with Crippen LogP contribution in [-0.4, -0.2) is 33.2 Å². The second kappa shape index (κ2) is 4.98. The summed E-state index contributed by atoms with van der Waals surface area (Å²) >= 11 is 0. The molecule has 0 fully saturated rings. The van der Waals surface area contributed by atoms with Crippen molar-refractivity contribution in [2.24, 2.45) is 0 Å². The standard InChI is InChI=1S/C10H11N3O3/c1-3-4-7(10(15)16)11-9(14)8-5-6(2)12-13-8/h1,5,7H,4H2,2H3,(H,11,14)(H,12,13)(H,15,16). The number of rotatable bonds is 4. The monoisotopic (exact) mass is 221 g/mol. The molecule has 1 atom stereocenters. The molecule has 1 aromatic rings. The Hall–Kier alpha value is -2.29. The summed E-state index contributed by atoms with van der Waals surface area (Å²) < 4.78 is 0. The van der Waals surface area contributed by atoms with Crippen molar-refractivity contribution in [1.29, 1.82) is 0 Å². The van der Waals surface area contributed by atoms with Gasteiger partial charge in [0.15, 0.2) is 0 Å². The first-order valence-corrected chi connectivity index (χ1v) is 4.53. The van der Waals surface area contributed by atoms with Gasteiger partial charge in [-0.1, -0.05) is 0 Å². The highest BCUT2D eigenvalue weighted by Gasteiger charge is 2.20. The van der Waals surface area contributed by atoms with E-state index in [1.807, 2.05) is 0 Å². The Balaban J connectivity index is 2.69. The molecule has 0 aliphatic rings. The van der Waals surface area contributed by atoms with Crippen LogP contribution >= 0.6 is 0 Å². The Morgan fingerprint density at radius 2 is 2.44 bits per heavy atom. The fraction of sp³-hybridized carbons (Fsp3) is 0.300. The lowest BCUT2D eigenvalue weighted by atomic mass is 10.2. The number of carboxylic acids is 1. The zero-order valence-corrected chi connectivity index (χ0v) is 8.65. The fourth-order valence-electron chi connectivity index (χ4n) is 1.08. The smallest absolute Gasteiger partial charge is 0.327 e. The molecule has 1 heterocycles. The average Bonchev–Trinajstić information content (AvgIpc) is 2.64. The van der Waals surface area contributed by atoms with Gasteiger partial charge in [0, 0.05) is 12.1 Å². The Morgan fingerprint density at radius 3 is 2.88 bits per heavy atom. The number of nitrogens with zero attached hydrogens (tertiary/aromatic N) is 1. The van der Waals surface area contributed by atoms with Gasteiger partial charge < -0.3 is 10.4 Å². The van der Waals surface area contributed by atoms with Crippen LogP contribution in [0.3, 0.4) is 0 Å². The van der Waals surface area contributed by atoms with Gasteiger partial charge in [-0.2, -0.15) is 5.10 Å². The van der Waals surface area contributed by atoms with Gasteiger partial charge in [-0.15, -0.1) is 12.3 Å². The van der Waals surface area contributed by atoms with E-state index in [9.17, 15) is 9.59 Å². The van der Waals surface area contributed by atoms with E-state index in [4.69, 9.17) is 11.5 Å². The lowest BCUT2D eigenvalue weighted by Crippen LogP contribution is -2.40. The summed E-state index contributed by atoms with van der Waals surface area (Å²) in [5.74, 6) is 0.456. The molecule has 0 radical (unpaired) electrons. The zero-order chi connectivity index (χ0) is 12.1. The van der Waals surface area contributed by atoms with Crippen LogP contribution in [0.4, 0.5) is 0 Å². The van der Waals surface area contributed by atoms with Crippen molar-refractivity contribution < 1.29 is 14.7 Å². The molecule has 0 aromatic carbocycles. The van der Waals surface area contributed by atoms with Gasteiger partial charge in [0.2, 0.25) is 0 Å². The van der Waals surface area contributed by atoms with Crippen molar-refractivity contribution >= 4 is 11.9 Å². The van der Waals surface area contributed by atoms with Crippen LogP contribution in [0.15, 0.2) is 6.07 Å². The number of terminal acetylenes is 1. The van der Waals surface area contributed by atoms with Crippen LogP contribution in [0.1, 0.15) is 22.6 Å². The van der Waals surface area contributed by atoms with Gasteiger partial charge in [-0.25, -0.2) is 4.79 Å². The fourth-order valence-corrected chi connectivity index (χ4v) is 1.08. The second-order valence-corrected chi connectivity index (χ2v) is 3.21. The van der Waals surface area contributed by atoms with Gasteiger partial charge in [-0.3, -0.25) is 9.89 Å². The summed E-state index contributed by atoms with van der Waals surface area (Å²) in [5, 5.41) is 17.3. The number of carbonyl (C=O) groups is 2. The van der Waals surface area contributed by atoms with Gasteiger partial charge >= 0.3 is 5.97 Å². The Bertz CT molecular complexity index is 444. The molecule has 0 bridgehead atoms. The molecular formula is C10H11N3O3. The third kappa shape index (κ3) is 2.85. The SMILES string of the molecule is C#CCC(NC(=O)c1cc(C)[nH]n1)C(=O)O. The van der Waals surface area contributed by atoms with E-state index in [1.165, 1.54) is 6.07 Å². The van der Waals surface area contributed by atoms with Crippen LogP contribution in [0.2, 0.25) is 0 Å². The Kier molecular flexibility index (Phi) is 3.67. The van der Waals surface area contributed by atoms with Crippen LogP contribution in [0.5, 0.6) is 0 Å². The largest absolute Gasteiger partial charge is 0.480 e. The number of hydrogen-bond acceptors (Lipinski definition) is 3. The Morgan fingerprint density at radius 1 is 1.75 bits per heavy atom. The maximum atomic E-state index is 11.5. The normalized spacial score (nSPS) is 11.5. The summed E-state index contributed by atoms with van der Waals surface area (Å²) in [6.07, 6.45) is 4.93. The maximum absolute atomic E-state index is 11.5. The van der Waals surface area contributed by atoms with E-state index < -0.39 is 17.9 Å². The molecule has 16 heavy (non-hydrogen) atoms. The molecule has 3 N–H and O–H groups in total. The van der Waals surface area contributed by atoms with Crippen LogP contribution < -0.4 is 5.32 Å². The average molecular weight is 221 g/mol. The summed E-state index contributed by atoms with van der Waals surface area (Å²) in [5.41, 5.74) is 0.856. The minimum atomic E-state index is -1.17. The number of carbonyl (C=O) groups excluding carboxylic acids is 1. The van der Waals surface area contributed by atoms with Gasteiger partial charge in [0.25, 0.3) is 5.91 Å². The molecule has 0 saturated heterocycles. The van der Waals surface area contributed by atoms with Gasteiger partial charge in [0.05, 0.1) is 0 Å². The van der Waals surface area contributed by atoms with Crippen LogP contribution in [-0.2, 0) is 4.79 Å². The van der Waals surface area contributed by atoms with Crippen LogP contribution in [0, 0.1) is 19.3 Å². The van der Waals surface area contributed by atoms with Crippen molar-refractivity contribution in [3.8, 4) is 12.3 Å². The highest BCUT2D eigenvalue weighted by molar-refractivity contribution is 5.95. The minimum Gasteiger partial charge on any atom is -0.480 e. The van der Waals surface area contributed by atoms with E-state index in [0.717, 1.165) is 0 Å². The third-order valence-electron chi connectivity index (χ3n) is 1.86. The zero-order valence-electron chi connectivity index (χ0n) is 8.65. The number of aromatic nitrogens is 2. The van der Waals surface area contributed by atoms with E-state index in [1.54, 1.807) is 6.92 Å². The summed E-state index contributed by atoms with van der Waals surface area (Å²) in [4.78, 5) is 22.2. The second-order valence-electron chi connectivity index (χ2n) is 3.21. The number of amides is 1. The first-order chi connectivity index (χ1) is 7.54. The first kappa shape index (κ1) is 11.8. The summed E-state index contributed by atoms with van der Waals surface area (Å²) in [6, 6.07) is 0.430.